The van der Waals surface area contributed by atoms with Crippen LogP contribution in [0.2, 0.25) is 5.02 Å². The molecule has 0 saturated carbocycles. The molecule has 2 amide bonds. The highest BCUT2D eigenvalue weighted by Crippen LogP contribution is 2.32. The lowest BCUT2D eigenvalue weighted by Crippen LogP contribution is -2.35. The van der Waals surface area contributed by atoms with Crippen LogP contribution in [0.25, 0.3) is 21.8 Å². The third-order valence-electron chi connectivity index (χ3n) is 7.07. The Balaban J connectivity index is 0.000000145. The maximum atomic E-state index is 13.6. The maximum Gasteiger partial charge on any atom is 0.268 e. The second-order valence-electron chi connectivity index (χ2n) is 9.20. The van der Waals surface area contributed by atoms with Gasteiger partial charge in [0.2, 0.25) is 0 Å². The molecule has 4 aromatic rings. The minimum absolute atomic E-state index is 0.0143. The van der Waals surface area contributed by atoms with E-state index in [1.807, 2.05) is 44.4 Å². The van der Waals surface area contributed by atoms with Crippen LogP contribution in [0.5, 0.6) is 0 Å². The molecule has 2 aromatic carbocycles. The molecule has 0 saturated heterocycles. The minimum Gasteiger partial charge on any atom is -0.349 e. The summed E-state index contributed by atoms with van der Waals surface area (Å²) in [5.74, 6) is -0.274. The number of nitrogens with zero attached hydrogens (tertiary/aromatic N) is 2. The van der Waals surface area contributed by atoms with E-state index in [-0.39, 0.29) is 17.6 Å². The monoisotopic (exact) mass is 494 g/mol. The summed E-state index contributed by atoms with van der Waals surface area (Å²) in [6.07, 6.45) is 0.763. The van der Waals surface area contributed by atoms with Gasteiger partial charge in [-0.1, -0.05) is 18.5 Å². The van der Waals surface area contributed by atoms with Crippen molar-refractivity contribution in [1.29, 1.82) is 0 Å². The molecular weight excluding hydrogens is 467 g/mol. The van der Waals surface area contributed by atoms with E-state index in [4.69, 9.17) is 11.6 Å². The fourth-order valence-electron chi connectivity index (χ4n) is 5.56. The van der Waals surface area contributed by atoms with E-state index in [0.29, 0.717) is 18.8 Å². The number of nitrogens with one attached hydrogen (secondary N) is 2. The van der Waals surface area contributed by atoms with E-state index in [1.165, 1.54) is 6.07 Å². The van der Waals surface area contributed by atoms with Gasteiger partial charge in [-0.3, -0.25) is 9.59 Å². The molecule has 6 nitrogen and oxygen atoms in total. The lowest BCUT2D eigenvalue weighted by Gasteiger charge is -2.18. The summed E-state index contributed by atoms with van der Waals surface area (Å²) in [6.45, 7) is 10.8. The molecule has 2 N–H and O–H groups in total. The summed E-state index contributed by atoms with van der Waals surface area (Å²) in [5, 5.41) is 8.39. The summed E-state index contributed by atoms with van der Waals surface area (Å²) in [7, 11) is 0. The fraction of sp³-hybridized carbons (Fsp3) is 0.333. The summed E-state index contributed by atoms with van der Waals surface area (Å²) in [6, 6.07) is 6.99. The van der Waals surface area contributed by atoms with Gasteiger partial charge in [0.25, 0.3) is 11.8 Å². The smallest absolute Gasteiger partial charge is 0.268 e. The first-order chi connectivity index (χ1) is 16.7. The van der Waals surface area contributed by atoms with Crippen molar-refractivity contribution in [3.05, 3.63) is 68.7 Å². The predicted octanol–water partition coefficient (Wildman–Crippen LogP) is 5.05. The average molecular weight is 495 g/mol. The Labute approximate surface area is 208 Å². The van der Waals surface area contributed by atoms with E-state index >= 15 is 0 Å². The lowest BCUT2D eigenvalue weighted by atomic mass is 10.1. The van der Waals surface area contributed by atoms with Crippen LogP contribution in [0, 0.1) is 26.6 Å². The number of rotatable bonds is 1. The van der Waals surface area contributed by atoms with Crippen molar-refractivity contribution in [2.24, 2.45) is 0 Å². The molecule has 0 atom stereocenters. The molecular formula is C27H28ClFN4O2. The lowest BCUT2D eigenvalue weighted by molar-refractivity contribution is 0.0920. The van der Waals surface area contributed by atoms with E-state index in [2.05, 4.69) is 15.2 Å². The van der Waals surface area contributed by atoms with E-state index in [9.17, 15) is 14.0 Å². The maximum absolute atomic E-state index is 13.6. The highest BCUT2D eigenvalue weighted by Gasteiger charge is 2.26. The fourth-order valence-corrected chi connectivity index (χ4v) is 5.83. The van der Waals surface area contributed by atoms with Crippen molar-refractivity contribution in [2.75, 3.05) is 13.1 Å². The Morgan fingerprint density at radius 2 is 1.40 bits per heavy atom. The number of aromatic nitrogens is 2. The van der Waals surface area contributed by atoms with Crippen LogP contribution >= 0.6 is 11.6 Å². The van der Waals surface area contributed by atoms with Gasteiger partial charge in [-0.2, -0.15) is 0 Å². The third-order valence-corrected chi connectivity index (χ3v) is 7.29. The number of aryl methyl sites for hydroxylation is 4. The topological polar surface area (TPSA) is 68.1 Å². The largest absolute Gasteiger partial charge is 0.349 e. The molecule has 2 aliphatic heterocycles. The van der Waals surface area contributed by atoms with E-state index in [1.54, 1.807) is 6.07 Å². The van der Waals surface area contributed by atoms with Crippen molar-refractivity contribution in [2.45, 2.75) is 47.2 Å². The molecule has 6 rings (SSSR count). The van der Waals surface area contributed by atoms with Gasteiger partial charge in [-0.15, -0.1) is 0 Å². The minimum atomic E-state index is -0.231. The van der Waals surface area contributed by atoms with Gasteiger partial charge < -0.3 is 19.8 Å². The molecule has 4 heterocycles. The van der Waals surface area contributed by atoms with E-state index < -0.39 is 0 Å². The molecule has 2 aromatic heterocycles. The first-order valence-electron chi connectivity index (χ1n) is 11.9. The molecule has 0 unspecified atom stereocenters. The van der Waals surface area contributed by atoms with Gasteiger partial charge in [0.1, 0.15) is 17.2 Å². The molecule has 0 fully saturated rings. The first kappa shape index (κ1) is 23.4. The third kappa shape index (κ3) is 3.69. The van der Waals surface area contributed by atoms with Gasteiger partial charge in [-0.05, 0) is 73.7 Å². The average Bonchev–Trinajstić information content (AvgIpc) is 3.27. The molecule has 0 aliphatic carbocycles. The zero-order valence-electron chi connectivity index (χ0n) is 20.3. The quantitative estimate of drug-likeness (QED) is 0.389. The molecule has 182 valence electrons. The Hall–Kier alpha value is -3.32. The van der Waals surface area contributed by atoms with Gasteiger partial charge in [0, 0.05) is 42.0 Å². The Morgan fingerprint density at radius 1 is 0.857 bits per heavy atom. The van der Waals surface area contributed by atoms with Crippen LogP contribution in [0.15, 0.2) is 24.3 Å². The number of carbonyl (C=O) groups excluding carboxylic acids is 2. The van der Waals surface area contributed by atoms with Crippen LogP contribution < -0.4 is 10.6 Å². The molecule has 8 heteroatoms. The van der Waals surface area contributed by atoms with Crippen LogP contribution in [0.4, 0.5) is 4.39 Å². The first-order valence-corrected chi connectivity index (χ1v) is 12.3. The number of halogens is 2. The highest BCUT2D eigenvalue weighted by atomic mass is 35.5. The normalized spacial score (nSPS) is 14.8. The number of hydrogen-bond acceptors (Lipinski definition) is 2. The van der Waals surface area contributed by atoms with Crippen LogP contribution in [0.1, 0.15) is 50.2 Å². The van der Waals surface area contributed by atoms with Crippen molar-refractivity contribution in [3.8, 4) is 0 Å². The number of hydrogen-bond donors (Lipinski definition) is 2. The summed E-state index contributed by atoms with van der Waals surface area (Å²) in [4.78, 5) is 23.8. The Kier molecular flexibility index (Phi) is 5.83. The molecule has 0 spiro atoms. The number of fused-ring (bicyclic) bond motifs is 6. The predicted molar refractivity (Wildman–Crippen MR) is 137 cm³/mol. The van der Waals surface area contributed by atoms with E-state index in [0.717, 1.165) is 74.3 Å². The summed E-state index contributed by atoms with van der Waals surface area (Å²) in [5.41, 5.74) is 7.58. The van der Waals surface area contributed by atoms with Gasteiger partial charge >= 0.3 is 0 Å². The summed E-state index contributed by atoms with van der Waals surface area (Å²) < 4.78 is 17.8. The van der Waals surface area contributed by atoms with Crippen LogP contribution in [-0.2, 0) is 19.5 Å². The second kappa shape index (κ2) is 8.72. The zero-order valence-corrected chi connectivity index (χ0v) is 21.1. The van der Waals surface area contributed by atoms with Crippen LogP contribution in [-0.4, -0.2) is 34.0 Å². The van der Waals surface area contributed by atoms with Gasteiger partial charge in [0.15, 0.2) is 0 Å². The number of benzene rings is 2. The Morgan fingerprint density at radius 3 is 1.97 bits per heavy atom. The molecule has 35 heavy (non-hydrogen) atoms. The zero-order chi connectivity index (χ0) is 25.0. The van der Waals surface area contributed by atoms with Crippen molar-refractivity contribution < 1.29 is 14.0 Å². The summed E-state index contributed by atoms with van der Waals surface area (Å²) >= 11 is 6.09. The number of carbonyl (C=O) groups is 2. The van der Waals surface area contributed by atoms with Gasteiger partial charge in [0.05, 0.1) is 11.0 Å². The highest BCUT2D eigenvalue weighted by molar-refractivity contribution is 6.31. The van der Waals surface area contributed by atoms with Crippen LogP contribution in [0.3, 0.4) is 0 Å². The number of amides is 2. The molecule has 0 bridgehead atoms. The van der Waals surface area contributed by atoms with Crippen molar-refractivity contribution >= 4 is 45.2 Å². The molecule has 0 radical (unpaired) electrons. The van der Waals surface area contributed by atoms with Crippen molar-refractivity contribution in [3.63, 3.8) is 0 Å². The van der Waals surface area contributed by atoms with Gasteiger partial charge in [-0.25, -0.2) is 4.39 Å². The second-order valence-corrected chi connectivity index (χ2v) is 9.63. The Bertz CT molecular complexity index is 1530. The standard InChI is InChI=1S/C14H15FN2O.C13H13ClN2O/c1-3-9-6-10(15)7-11-8(2)12-14(18)16-4-5-17(12)13(9)11;1-7-5-9(14)6-10-8(2)12-13(17)15-3-4-16(12)11(7)10/h6-7H,3-5H2,1-2H3,(H,16,18);5-6H,3-4H2,1-2H3,(H,15,17). The SMILES string of the molecule is CCc1cc(F)cc2c(C)c3n(c12)CCNC3=O.Cc1c2n(c3c(C)cc(Cl)cc13)CCNC2=O. The van der Waals surface area contributed by atoms with Crippen molar-refractivity contribution in [1.82, 2.24) is 19.8 Å². The molecule has 2 aliphatic rings.